The van der Waals surface area contributed by atoms with Crippen molar-refractivity contribution in [3.63, 3.8) is 0 Å². The molecule has 0 amide bonds. The normalized spacial score (nSPS) is 10.0. The minimum Gasteiger partial charge on any atom is -0.497 e. The Balaban J connectivity index is 1.87. The van der Waals surface area contributed by atoms with Gasteiger partial charge in [0.25, 0.3) is 0 Å². The third kappa shape index (κ3) is 5.30. The Bertz CT molecular complexity index is 679. The number of hydrogen-bond acceptors (Lipinski definition) is 3. The number of ether oxygens (including phenoxy) is 2. The van der Waals surface area contributed by atoms with Crippen LogP contribution in [-0.2, 0) is 6.42 Å². The van der Waals surface area contributed by atoms with Gasteiger partial charge in [-0.1, -0.05) is 23.7 Å². The van der Waals surface area contributed by atoms with E-state index in [0.717, 1.165) is 28.4 Å². The zero-order valence-corrected chi connectivity index (χ0v) is 14.6. The van der Waals surface area contributed by atoms with Crippen LogP contribution in [0, 0.1) is 0 Å². The van der Waals surface area contributed by atoms with Gasteiger partial charge in [0.05, 0.1) is 19.9 Å². The van der Waals surface area contributed by atoms with E-state index in [9.17, 15) is 0 Å². The van der Waals surface area contributed by atoms with Gasteiger partial charge in [-0.3, -0.25) is 0 Å². The minimum atomic E-state index is 0.537. The Morgan fingerprint density at radius 3 is 2.65 bits per heavy atom. The van der Waals surface area contributed by atoms with E-state index in [-0.39, 0.29) is 0 Å². The molecule has 0 aliphatic carbocycles. The summed E-state index contributed by atoms with van der Waals surface area (Å²) in [5.41, 5.74) is 1.95. The van der Waals surface area contributed by atoms with E-state index in [1.165, 1.54) is 0 Å². The maximum absolute atomic E-state index is 5.97. The Morgan fingerprint density at radius 1 is 1.13 bits per heavy atom. The zero-order chi connectivity index (χ0) is 16.7. The molecule has 0 heterocycles. The van der Waals surface area contributed by atoms with Crippen molar-refractivity contribution >= 4 is 34.6 Å². The van der Waals surface area contributed by atoms with Crippen molar-refractivity contribution in [3.8, 4) is 11.5 Å². The van der Waals surface area contributed by atoms with Crippen LogP contribution in [0.1, 0.15) is 5.56 Å². The Kier molecular flexibility index (Phi) is 6.50. The van der Waals surface area contributed by atoms with Crippen molar-refractivity contribution in [2.75, 3.05) is 26.1 Å². The highest BCUT2D eigenvalue weighted by Gasteiger charge is 2.06. The van der Waals surface area contributed by atoms with E-state index < -0.39 is 0 Å². The van der Waals surface area contributed by atoms with Crippen molar-refractivity contribution < 1.29 is 9.47 Å². The number of thiocarbonyl (C=S) groups is 1. The molecule has 0 bridgehead atoms. The first-order valence-corrected chi connectivity index (χ1v) is 7.92. The number of rotatable bonds is 6. The molecular formula is C17H19ClN2O2S. The fraction of sp³-hybridized carbons (Fsp3) is 0.235. The lowest BCUT2D eigenvalue weighted by Crippen LogP contribution is -2.30. The largest absolute Gasteiger partial charge is 0.497 e. The van der Waals surface area contributed by atoms with Crippen LogP contribution >= 0.6 is 23.8 Å². The van der Waals surface area contributed by atoms with Gasteiger partial charge in [-0.05, 0) is 48.5 Å². The van der Waals surface area contributed by atoms with Crippen molar-refractivity contribution in [2.24, 2.45) is 0 Å². The second kappa shape index (κ2) is 8.60. The molecule has 0 saturated heterocycles. The lowest BCUT2D eigenvalue weighted by Gasteiger charge is -2.14. The highest BCUT2D eigenvalue weighted by Crippen LogP contribution is 2.28. The molecule has 4 nitrogen and oxygen atoms in total. The van der Waals surface area contributed by atoms with Crippen molar-refractivity contribution in [2.45, 2.75) is 6.42 Å². The molecule has 0 fully saturated rings. The van der Waals surface area contributed by atoms with Crippen LogP contribution in [0.15, 0.2) is 42.5 Å². The fourth-order valence-corrected chi connectivity index (χ4v) is 2.51. The molecule has 0 radical (unpaired) electrons. The van der Waals surface area contributed by atoms with E-state index in [1.54, 1.807) is 20.3 Å². The summed E-state index contributed by atoms with van der Waals surface area (Å²) in [6.07, 6.45) is 0.835. The van der Waals surface area contributed by atoms with E-state index in [2.05, 4.69) is 10.6 Å². The number of methoxy groups -OCH3 is 2. The second-order valence-electron chi connectivity index (χ2n) is 4.83. The number of halogens is 1. The number of nitrogens with one attached hydrogen (secondary N) is 2. The molecule has 2 rings (SSSR count). The highest BCUT2D eigenvalue weighted by molar-refractivity contribution is 7.80. The molecule has 0 aromatic heterocycles. The van der Waals surface area contributed by atoms with Gasteiger partial charge in [-0.2, -0.15) is 0 Å². The summed E-state index contributed by atoms with van der Waals surface area (Å²) < 4.78 is 10.5. The maximum atomic E-state index is 5.97. The third-order valence-electron chi connectivity index (χ3n) is 3.25. The fourth-order valence-electron chi connectivity index (χ4n) is 2.08. The molecular weight excluding hydrogens is 332 g/mol. The van der Waals surface area contributed by atoms with Crippen molar-refractivity contribution in [3.05, 3.63) is 53.1 Å². The molecule has 2 aromatic rings. The van der Waals surface area contributed by atoms with Crippen LogP contribution in [0.4, 0.5) is 5.69 Å². The molecule has 0 aliphatic heterocycles. The summed E-state index contributed by atoms with van der Waals surface area (Å²) in [6, 6.07) is 13.3. The molecule has 0 aliphatic rings. The summed E-state index contributed by atoms with van der Waals surface area (Å²) in [7, 11) is 3.22. The van der Waals surface area contributed by atoms with Gasteiger partial charge in [0.1, 0.15) is 11.5 Å². The SMILES string of the molecule is COc1ccc(NC(=S)NCCc2cccc(Cl)c2)c(OC)c1. The average Bonchev–Trinajstić information content (AvgIpc) is 2.55. The van der Waals surface area contributed by atoms with Gasteiger partial charge in [0, 0.05) is 17.6 Å². The lowest BCUT2D eigenvalue weighted by atomic mass is 10.1. The topological polar surface area (TPSA) is 42.5 Å². The van der Waals surface area contributed by atoms with Gasteiger partial charge in [0.15, 0.2) is 5.11 Å². The molecule has 2 aromatic carbocycles. The first-order chi connectivity index (χ1) is 11.1. The van der Waals surface area contributed by atoms with Gasteiger partial charge >= 0.3 is 0 Å². The van der Waals surface area contributed by atoms with Gasteiger partial charge < -0.3 is 20.1 Å². The van der Waals surface area contributed by atoms with Gasteiger partial charge in [-0.25, -0.2) is 0 Å². The van der Waals surface area contributed by atoms with Gasteiger partial charge in [-0.15, -0.1) is 0 Å². The first kappa shape index (κ1) is 17.4. The molecule has 122 valence electrons. The van der Waals surface area contributed by atoms with Crippen molar-refractivity contribution in [1.82, 2.24) is 5.32 Å². The summed E-state index contributed by atoms with van der Waals surface area (Å²) >= 11 is 11.3. The van der Waals surface area contributed by atoms with Crippen LogP contribution in [0.2, 0.25) is 5.02 Å². The van der Waals surface area contributed by atoms with Crippen LogP contribution in [0.25, 0.3) is 0 Å². The minimum absolute atomic E-state index is 0.537. The molecule has 6 heteroatoms. The van der Waals surface area contributed by atoms with Crippen LogP contribution in [0.3, 0.4) is 0 Å². The lowest BCUT2D eigenvalue weighted by molar-refractivity contribution is 0.395. The Morgan fingerprint density at radius 2 is 1.96 bits per heavy atom. The first-order valence-electron chi connectivity index (χ1n) is 7.13. The molecule has 0 atom stereocenters. The number of hydrogen-bond donors (Lipinski definition) is 2. The van der Waals surface area contributed by atoms with Gasteiger partial charge in [0.2, 0.25) is 0 Å². The predicted molar refractivity (Wildman–Crippen MR) is 98.9 cm³/mol. The average molecular weight is 351 g/mol. The number of anilines is 1. The molecule has 0 unspecified atom stereocenters. The maximum Gasteiger partial charge on any atom is 0.170 e. The Labute approximate surface area is 146 Å². The quantitative estimate of drug-likeness (QED) is 0.774. The monoisotopic (exact) mass is 350 g/mol. The smallest absolute Gasteiger partial charge is 0.170 e. The second-order valence-corrected chi connectivity index (χ2v) is 5.67. The predicted octanol–water partition coefficient (Wildman–Crippen LogP) is 3.89. The summed E-state index contributed by atoms with van der Waals surface area (Å²) in [4.78, 5) is 0. The van der Waals surface area contributed by atoms with E-state index in [0.29, 0.717) is 17.4 Å². The highest BCUT2D eigenvalue weighted by atomic mass is 35.5. The van der Waals surface area contributed by atoms with Crippen LogP contribution in [0.5, 0.6) is 11.5 Å². The van der Waals surface area contributed by atoms with E-state index in [4.69, 9.17) is 33.3 Å². The van der Waals surface area contributed by atoms with Crippen LogP contribution in [-0.4, -0.2) is 25.9 Å². The third-order valence-corrected chi connectivity index (χ3v) is 3.73. The summed E-state index contributed by atoms with van der Waals surface area (Å²) in [5, 5.41) is 7.57. The van der Waals surface area contributed by atoms with Crippen molar-refractivity contribution in [1.29, 1.82) is 0 Å². The summed E-state index contributed by atoms with van der Waals surface area (Å²) in [6.45, 7) is 0.713. The standard InChI is InChI=1S/C17H19ClN2O2S/c1-21-14-6-7-15(16(11-14)22-2)20-17(23)19-9-8-12-4-3-5-13(18)10-12/h3-7,10-11H,8-9H2,1-2H3,(H2,19,20,23). The molecule has 2 N–H and O–H groups in total. The van der Waals surface area contributed by atoms with E-state index >= 15 is 0 Å². The van der Waals surface area contributed by atoms with Crippen LogP contribution < -0.4 is 20.1 Å². The summed E-state index contributed by atoms with van der Waals surface area (Å²) in [5.74, 6) is 1.40. The number of benzene rings is 2. The zero-order valence-electron chi connectivity index (χ0n) is 13.1. The molecule has 0 spiro atoms. The van der Waals surface area contributed by atoms with E-state index in [1.807, 2.05) is 36.4 Å². The molecule has 0 saturated carbocycles. The molecule has 23 heavy (non-hydrogen) atoms. The Hall–Kier alpha value is -1.98.